The Labute approximate surface area is 151 Å². The van der Waals surface area contributed by atoms with Crippen LogP contribution < -0.4 is 4.90 Å². The maximum absolute atomic E-state index is 6.29. The van der Waals surface area contributed by atoms with E-state index in [0.29, 0.717) is 18.3 Å². The Kier molecular flexibility index (Phi) is 4.63. The quantitative estimate of drug-likeness (QED) is 0.716. The van der Waals surface area contributed by atoms with E-state index in [-0.39, 0.29) is 0 Å². The van der Waals surface area contributed by atoms with Crippen LogP contribution in [0.15, 0.2) is 53.2 Å². The number of hydrogen-bond donors (Lipinski definition) is 0. The molecule has 0 bridgehead atoms. The van der Waals surface area contributed by atoms with Crippen molar-refractivity contribution < 1.29 is 4.42 Å². The fourth-order valence-corrected chi connectivity index (χ4v) is 3.23. The molecular formula is C18H18ClN5O. The molecule has 1 aliphatic rings. The van der Waals surface area contributed by atoms with Crippen LogP contribution in [0.4, 0.5) is 5.69 Å². The summed E-state index contributed by atoms with van der Waals surface area (Å²) in [6, 6.07) is 11.7. The lowest BCUT2D eigenvalue weighted by molar-refractivity contribution is 0.227. The molecule has 2 aromatic heterocycles. The van der Waals surface area contributed by atoms with Crippen LogP contribution in [0.3, 0.4) is 0 Å². The number of pyridine rings is 1. The number of rotatable bonds is 4. The summed E-state index contributed by atoms with van der Waals surface area (Å²) in [4.78, 5) is 8.70. The second-order valence-electron chi connectivity index (χ2n) is 5.96. The van der Waals surface area contributed by atoms with Crippen LogP contribution in [0, 0.1) is 0 Å². The van der Waals surface area contributed by atoms with Gasteiger partial charge in [0.2, 0.25) is 11.8 Å². The molecule has 0 N–H and O–H groups in total. The molecule has 0 radical (unpaired) electrons. The van der Waals surface area contributed by atoms with Crippen molar-refractivity contribution in [2.45, 2.75) is 6.54 Å². The van der Waals surface area contributed by atoms with Crippen LogP contribution in [0.1, 0.15) is 5.89 Å². The van der Waals surface area contributed by atoms with Crippen molar-refractivity contribution in [3.05, 3.63) is 59.7 Å². The molecule has 3 aromatic rings. The Hall–Kier alpha value is -2.44. The molecule has 4 rings (SSSR count). The van der Waals surface area contributed by atoms with Crippen LogP contribution in [-0.2, 0) is 6.54 Å². The average Bonchev–Trinajstić information content (AvgIpc) is 3.12. The summed E-state index contributed by atoms with van der Waals surface area (Å²) >= 11 is 6.29. The predicted molar refractivity (Wildman–Crippen MR) is 96.5 cm³/mol. The van der Waals surface area contributed by atoms with E-state index in [1.54, 1.807) is 12.4 Å². The largest absolute Gasteiger partial charge is 0.419 e. The highest BCUT2D eigenvalue weighted by Gasteiger charge is 2.20. The number of halogens is 1. The lowest BCUT2D eigenvalue weighted by atomic mass is 10.2. The highest BCUT2D eigenvalue weighted by Crippen LogP contribution is 2.26. The summed E-state index contributed by atoms with van der Waals surface area (Å²) in [5, 5.41) is 9.07. The first kappa shape index (κ1) is 16.1. The monoisotopic (exact) mass is 355 g/mol. The Morgan fingerprint density at radius 3 is 2.60 bits per heavy atom. The molecule has 7 heteroatoms. The Morgan fingerprint density at radius 2 is 1.84 bits per heavy atom. The molecule has 0 amide bonds. The van der Waals surface area contributed by atoms with Gasteiger partial charge in [0, 0.05) is 38.6 Å². The zero-order valence-corrected chi connectivity index (χ0v) is 14.4. The minimum atomic E-state index is 0.512. The number of piperazine rings is 1. The molecule has 1 aromatic carbocycles. The first-order chi connectivity index (χ1) is 12.3. The molecular weight excluding hydrogens is 338 g/mol. The maximum atomic E-state index is 6.29. The summed E-state index contributed by atoms with van der Waals surface area (Å²) in [5.41, 5.74) is 1.94. The molecule has 6 nitrogen and oxygen atoms in total. The lowest BCUT2D eigenvalue weighted by Gasteiger charge is -2.35. The molecule has 1 aliphatic heterocycles. The maximum Gasteiger partial charge on any atom is 0.249 e. The van der Waals surface area contributed by atoms with Gasteiger partial charge < -0.3 is 9.32 Å². The zero-order chi connectivity index (χ0) is 17.1. The standard InChI is InChI=1S/C18H18ClN5O/c19-15-5-1-2-6-16(15)24-10-8-23(9-11-24)13-17-21-22-18(25-17)14-4-3-7-20-12-14/h1-7,12H,8-11,13H2. The molecule has 128 valence electrons. The highest BCUT2D eigenvalue weighted by molar-refractivity contribution is 6.33. The third-order valence-corrected chi connectivity index (χ3v) is 4.62. The van der Waals surface area contributed by atoms with Crippen molar-refractivity contribution in [1.29, 1.82) is 0 Å². The third kappa shape index (κ3) is 3.65. The molecule has 0 atom stereocenters. The average molecular weight is 356 g/mol. The van der Waals surface area contributed by atoms with E-state index in [2.05, 4.69) is 31.0 Å². The zero-order valence-electron chi connectivity index (χ0n) is 13.7. The molecule has 1 fully saturated rings. The van der Waals surface area contributed by atoms with Gasteiger partial charge in [-0.15, -0.1) is 10.2 Å². The van der Waals surface area contributed by atoms with E-state index >= 15 is 0 Å². The van der Waals surface area contributed by atoms with Gasteiger partial charge in [-0.25, -0.2) is 0 Å². The van der Waals surface area contributed by atoms with Crippen LogP contribution in [-0.4, -0.2) is 46.3 Å². The van der Waals surface area contributed by atoms with Crippen molar-refractivity contribution in [3.63, 3.8) is 0 Å². The number of benzene rings is 1. The minimum Gasteiger partial charge on any atom is -0.419 e. The van der Waals surface area contributed by atoms with E-state index in [9.17, 15) is 0 Å². The van der Waals surface area contributed by atoms with Crippen LogP contribution in [0.5, 0.6) is 0 Å². The van der Waals surface area contributed by atoms with Crippen molar-refractivity contribution in [2.75, 3.05) is 31.1 Å². The van der Waals surface area contributed by atoms with Gasteiger partial charge in [0.25, 0.3) is 0 Å². The summed E-state index contributed by atoms with van der Waals surface area (Å²) in [7, 11) is 0. The molecule has 0 spiro atoms. The lowest BCUT2D eigenvalue weighted by Crippen LogP contribution is -2.46. The number of nitrogens with zero attached hydrogens (tertiary/aromatic N) is 5. The smallest absolute Gasteiger partial charge is 0.249 e. The van der Waals surface area contributed by atoms with Crippen molar-refractivity contribution >= 4 is 17.3 Å². The summed E-state index contributed by atoms with van der Waals surface area (Å²) in [5.74, 6) is 1.14. The number of aromatic nitrogens is 3. The minimum absolute atomic E-state index is 0.512. The number of hydrogen-bond acceptors (Lipinski definition) is 6. The van der Waals surface area contributed by atoms with E-state index in [0.717, 1.165) is 42.5 Å². The molecule has 0 unspecified atom stereocenters. The first-order valence-corrected chi connectivity index (χ1v) is 8.62. The van der Waals surface area contributed by atoms with E-state index < -0.39 is 0 Å². The van der Waals surface area contributed by atoms with Gasteiger partial charge in [0.15, 0.2) is 0 Å². The van der Waals surface area contributed by atoms with Gasteiger partial charge in [0.1, 0.15) is 0 Å². The van der Waals surface area contributed by atoms with E-state index in [1.807, 2.05) is 30.3 Å². The topological polar surface area (TPSA) is 58.3 Å². The molecule has 0 aliphatic carbocycles. The Bertz CT molecular complexity index is 830. The highest BCUT2D eigenvalue weighted by atomic mass is 35.5. The van der Waals surface area contributed by atoms with Crippen molar-refractivity contribution in [2.24, 2.45) is 0 Å². The van der Waals surface area contributed by atoms with Crippen LogP contribution >= 0.6 is 11.6 Å². The number of para-hydroxylation sites is 1. The van der Waals surface area contributed by atoms with Crippen molar-refractivity contribution in [3.8, 4) is 11.5 Å². The van der Waals surface area contributed by atoms with Gasteiger partial charge in [-0.05, 0) is 24.3 Å². The fourth-order valence-electron chi connectivity index (χ4n) is 2.97. The van der Waals surface area contributed by atoms with Gasteiger partial charge in [-0.3, -0.25) is 9.88 Å². The van der Waals surface area contributed by atoms with Gasteiger partial charge in [-0.2, -0.15) is 0 Å². The molecule has 3 heterocycles. The fraction of sp³-hybridized carbons (Fsp3) is 0.278. The van der Waals surface area contributed by atoms with Crippen LogP contribution in [0.25, 0.3) is 11.5 Å². The Morgan fingerprint density at radius 1 is 1.00 bits per heavy atom. The normalized spacial score (nSPS) is 15.5. The van der Waals surface area contributed by atoms with E-state index in [1.165, 1.54) is 0 Å². The van der Waals surface area contributed by atoms with Crippen molar-refractivity contribution in [1.82, 2.24) is 20.1 Å². The molecule has 25 heavy (non-hydrogen) atoms. The second kappa shape index (κ2) is 7.21. The van der Waals surface area contributed by atoms with Gasteiger partial charge >= 0.3 is 0 Å². The van der Waals surface area contributed by atoms with Crippen LogP contribution in [0.2, 0.25) is 5.02 Å². The SMILES string of the molecule is Clc1ccccc1N1CCN(Cc2nnc(-c3cccnc3)o2)CC1. The predicted octanol–water partition coefficient (Wildman–Crippen LogP) is 3.11. The van der Waals surface area contributed by atoms with E-state index in [4.69, 9.17) is 16.0 Å². The third-order valence-electron chi connectivity index (χ3n) is 4.30. The molecule has 0 saturated carbocycles. The summed E-state index contributed by atoms with van der Waals surface area (Å²) < 4.78 is 5.76. The first-order valence-electron chi connectivity index (χ1n) is 8.24. The second-order valence-corrected chi connectivity index (χ2v) is 6.36. The number of anilines is 1. The summed E-state index contributed by atoms with van der Waals surface area (Å²) in [6.45, 7) is 4.36. The molecule has 1 saturated heterocycles. The summed E-state index contributed by atoms with van der Waals surface area (Å²) in [6.07, 6.45) is 3.44. The van der Waals surface area contributed by atoms with Gasteiger partial charge in [-0.1, -0.05) is 23.7 Å². The van der Waals surface area contributed by atoms with Gasteiger partial charge in [0.05, 0.1) is 22.8 Å². The Balaban J connectivity index is 1.36.